The lowest BCUT2D eigenvalue weighted by Crippen LogP contribution is -2.37. The van der Waals surface area contributed by atoms with Gasteiger partial charge in [0.2, 0.25) is 10.0 Å². The lowest BCUT2D eigenvalue weighted by atomic mass is 10.1. The third kappa shape index (κ3) is 5.00. The van der Waals surface area contributed by atoms with Gasteiger partial charge in [-0.05, 0) is 30.7 Å². The highest BCUT2D eigenvalue weighted by molar-refractivity contribution is 7.99. The van der Waals surface area contributed by atoms with Gasteiger partial charge >= 0.3 is 0 Å². The predicted molar refractivity (Wildman–Crippen MR) is 121 cm³/mol. The number of hydrogen-bond donors (Lipinski definition) is 2. The number of rotatable bonds is 6. The Morgan fingerprint density at radius 1 is 1.26 bits per heavy atom. The lowest BCUT2D eigenvalue weighted by Gasteiger charge is -2.24. The Morgan fingerprint density at radius 2 is 1.97 bits per heavy atom. The fourth-order valence-electron chi connectivity index (χ4n) is 3.19. The normalized spacial score (nSPS) is 15.2. The first-order chi connectivity index (χ1) is 14.8. The molecular formula is C20H21FN4O3S3. The van der Waals surface area contributed by atoms with Crippen molar-refractivity contribution in [1.82, 2.24) is 14.3 Å². The van der Waals surface area contributed by atoms with Gasteiger partial charge in [0.1, 0.15) is 16.4 Å². The third-order valence-electron chi connectivity index (χ3n) is 4.90. The number of hydrogen-bond acceptors (Lipinski definition) is 6. The number of aryl methyl sites for hydroxylation is 1. The molecule has 1 fully saturated rings. The average Bonchev–Trinajstić information content (AvgIpc) is 3.38. The molecule has 0 saturated carbocycles. The number of aromatic amines is 1. The predicted octanol–water partition coefficient (Wildman–Crippen LogP) is 3.50. The highest BCUT2D eigenvalue weighted by atomic mass is 32.2. The van der Waals surface area contributed by atoms with Gasteiger partial charge in [0.05, 0.1) is 5.69 Å². The molecule has 3 heterocycles. The molecular weight excluding hydrogens is 459 g/mol. The quantitative estimate of drug-likeness (QED) is 0.563. The fourth-order valence-corrected chi connectivity index (χ4v) is 6.75. The van der Waals surface area contributed by atoms with E-state index in [2.05, 4.69) is 15.3 Å². The van der Waals surface area contributed by atoms with Gasteiger partial charge in [0, 0.05) is 42.1 Å². The van der Waals surface area contributed by atoms with Crippen LogP contribution in [0.15, 0.2) is 41.4 Å². The summed E-state index contributed by atoms with van der Waals surface area (Å²) in [5, 5.41) is 3.15. The van der Waals surface area contributed by atoms with Crippen molar-refractivity contribution in [2.24, 2.45) is 0 Å². The second-order valence-corrected chi connectivity index (χ2v) is 11.3. The number of benzene rings is 1. The first-order valence-electron chi connectivity index (χ1n) is 9.61. The summed E-state index contributed by atoms with van der Waals surface area (Å²) in [6, 6.07) is 7.61. The molecule has 3 aromatic rings. The smallest absolute Gasteiger partial charge is 0.273 e. The molecule has 0 aliphatic carbocycles. The van der Waals surface area contributed by atoms with Crippen molar-refractivity contribution in [2.75, 3.05) is 29.9 Å². The summed E-state index contributed by atoms with van der Waals surface area (Å²) < 4.78 is 40.0. The van der Waals surface area contributed by atoms with E-state index in [1.165, 1.54) is 40.0 Å². The molecule has 2 aromatic heterocycles. The number of aromatic nitrogens is 2. The summed E-state index contributed by atoms with van der Waals surface area (Å²) in [6.45, 7) is 2.78. The van der Waals surface area contributed by atoms with Crippen LogP contribution < -0.4 is 5.32 Å². The van der Waals surface area contributed by atoms with E-state index in [1.54, 1.807) is 23.9 Å². The number of thiazole rings is 1. The Hall–Kier alpha value is -2.21. The molecule has 11 heteroatoms. The molecule has 2 N–H and O–H groups in total. The minimum Gasteiger partial charge on any atom is -0.356 e. The summed E-state index contributed by atoms with van der Waals surface area (Å²) in [6.07, 6.45) is 1.93. The first-order valence-corrected chi connectivity index (χ1v) is 13.0. The van der Waals surface area contributed by atoms with E-state index in [1.807, 2.05) is 6.92 Å². The van der Waals surface area contributed by atoms with Gasteiger partial charge in [0.25, 0.3) is 5.91 Å². The van der Waals surface area contributed by atoms with Crippen molar-refractivity contribution in [3.05, 3.63) is 64.2 Å². The molecule has 31 heavy (non-hydrogen) atoms. The highest BCUT2D eigenvalue weighted by Gasteiger charge is 2.28. The van der Waals surface area contributed by atoms with Crippen molar-refractivity contribution in [3.8, 4) is 0 Å². The molecule has 0 bridgehead atoms. The van der Waals surface area contributed by atoms with Crippen LogP contribution in [0, 0.1) is 12.7 Å². The minimum absolute atomic E-state index is 0.0804. The average molecular weight is 481 g/mol. The van der Waals surface area contributed by atoms with Crippen LogP contribution in [0.5, 0.6) is 0 Å². The highest BCUT2D eigenvalue weighted by Crippen LogP contribution is 2.26. The largest absolute Gasteiger partial charge is 0.356 e. The number of nitrogens with zero attached hydrogens (tertiary/aromatic N) is 2. The molecule has 7 nitrogen and oxygen atoms in total. The second-order valence-electron chi connectivity index (χ2n) is 7.05. The standard InChI is InChI=1S/C20H21FN4O3S3/c1-13-18(10-14-2-4-15(21)5-3-14)30-20(23-13)24-19(26)17-11-16(12-22-17)31(27,28)25-6-8-29-9-7-25/h2-5,11-12,22H,6-10H2,1H3,(H,23,24,26). The maximum atomic E-state index is 13.1. The number of sulfonamides is 1. The molecule has 4 rings (SSSR count). The zero-order chi connectivity index (χ0) is 22.0. The zero-order valence-corrected chi connectivity index (χ0v) is 19.2. The number of nitrogens with one attached hydrogen (secondary N) is 2. The molecule has 1 saturated heterocycles. The van der Waals surface area contributed by atoms with Crippen molar-refractivity contribution in [1.29, 1.82) is 0 Å². The summed E-state index contributed by atoms with van der Waals surface area (Å²) in [7, 11) is -3.62. The number of H-pyrrole nitrogens is 1. The molecule has 1 aliphatic heterocycles. The van der Waals surface area contributed by atoms with Crippen molar-refractivity contribution in [3.63, 3.8) is 0 Å². The Morgan fingerprint density at radius 3 is 2.68 bits per heavy atom. The van der Waals surface area contributed by atoms with Gasteiger partial charge in [-0.1, -0.05) is 12.1 Å². The number of anilines is 1. The molecule has 1 aromatic carbocycles. The van der Waals surface area contributed by atoms with E-state index in [-0.39, 0.29) is 16.4 Å². The summed E-state index contributed by atoms with van der Waals surface area (Å²) in [5.74, 6) is 0.781. The van der Waals surface area contributed by atoms with Crippen molar-refractivity contribution < 1.29 is 17.6 Å². The van der Waals surface area contributed by atoms with Crippen molar-refractivity contribution >= 4 is 44.2 Å². The van der Waals surface area contributed by atoms with Crippen LogP contribution in [0.2, 0.25) is 0 Å². The Kier molecular flexibility index (Phi) is 6.47. The van der Waals surface area contributed by atoms with Crippen molar-refractivity contribution in [2.45, 2.75) is 18.2 Å². The topological polar surface area (TPSA) is 95.2 Å². The second kappa shape index (κ2) is 9.11. The Bertz CT molecular complexity index is 1180. The fraction of sp³-hybridized carbons (Fsp3) is 0.300. The van der Waals surface area contributed by atoms with Gasteiger partial charge in [-0.15, -0.1) is 11.3 Å². The maximum absolute atomic E-state index is 13.1. The van der Waals surface area contributed by atoms with E-state index in [4.69, 9.17) is 0 Å². The van der Waals surface area contributed by atoms with Gasteiger partial charge in [-0.25, -0.2) is 17.8 Å². The molecule has 164 valence electrons. The van der Waals surface area contributed by atoms with E-state index in [9.17, 15) is 17.6 Å². The van der Waals surface area contributed by atoms with E-state index < -0.39 is 15.9 Å². The molecule has 0 radical (unpaired) electrons. The number of halogens is 1. The van der Waals surface area contributed by atoms with E-state index >= 15 is 0 Å². The molecule has 0 atom stereocenters. The van der Waals surface area contributed by atoms with Gasteiger partial charge in [0.15, 0.2) is 5.13 Å². The van der Waals surface area contributed by atoms with Gasteiger partial charge in [-0.2, -0.15) is 16.1 Å². The Labute approximate surface area is 188 Å². The summed E-state index contributed by atoms with van der Waals surface area (Å²) in [4.78, 5) is 20.8. The lowest BCUT2D eigenvalue weighted by molar-refractivity contribution is 0.102. The molecule has 0 spiro atoms. The monoisotopic (exact) mass is 480 g/mol. The van der Waals surface area contributed by atoms with Crippen LogP contribution in [0.3, 0.4) is 0 Å². The van der Waals surface area contributed by atoms with E-state index in [0.717, 1.165) is 27.6 Å². The van der Waals surface area contributed by atoms with Crippen LogP contribution >= 0.6 is 23.1 Å². The van der Waals surface area contributed by atoms with Crippen LogP contribution in [-0.4, -0.2) is 53.2 Å². The third-order valence-corrected chi connectivity index (χ3v) is 8.79. The molecule has 0 unspecified atom stereocenters. The SMILES string of the molecule is Cc1nc(NC(=O)c2cc(S(=O)(=O)N3CCSCC3)c[nH]2)sc1Cc1ccc(F)cc1. The number of carbonyl (C=O) groups is 1. The summed E-state index contributed by atoms with van der Waals surface area (Å²) >= 11 is 3.06. The number of amides is 1. The van der Waals surface area contributed by atoms with Crippen LogP contribution in [0.1, 0.15) is 26.6 Å². The first kappa shape index (κ1) is 22.0. The van der Waals surface area contributed by atoms with Crippen LogP contribution in [0.25, 0.3) is 0 Å². The zero-order valence-electron chi connectivity index (χ0n) is 16.7. The van der Waals surface area contributed by atoms with Crippen LogP contribution in [-0.2, 0) is 16.4 Å². The minimum atomic E-state index is -3.62. The van der Waals surface area contributed by atoms with Gasteiger partial charge in [-0.3, -0.25) is 10.1 Å². The molecule has 1 aliphatic rings. The number of carbonyl (C=O) groups excluding carboxylic acids is 1. The Balaban J connectivity index is 1.45. The van der Waals surface area contributed by atoms with Gasteiger partial charge < -0.3 is 4.98 Å². The van der Waals surface area contributed by atoms with Crippen LogP contribution in [0.4, 0.5) is 9.52 Å². The van der Waals surface area contributed by atoms with E-state index in [0.29, 0.717) is 24.6 Å². The summed E-state index contributed by atoms with van der Waals surface area (Å²) in [5.41, 5.74) is 1.88. The molecule has 1 amide bonds. The maximum Gasteiger partial charge on any atom is 0.273 e. The number of thioether (sulfide) groups is 1.